The Kier molecular flexibility index (Phi) is 5.86. The molecule has 7 aromatic rings. The highest BCUT2D eigenvalue weighted by Gasteiger charge is 2.27. The summed E-state index contributed by atoms with van der Waals surface area (Å²) in [4.78, 5) is 6.30. The van der Waals surface area contributed by atoms with Crippen LogP contribution in [0.2, 0.25) is 0 Å². The summed E-state index contributed by atoms with van der Waals surface area (Å²) in [6, 6.07) is 27.1. The summed E-state index contributed by atoms with van der Waals surface area (Å²) in [6.45, 7) is 0. The molecule has 0 aliphatic rings. The number of nitriles is 2. The van der Waals surface area contributed by atoms with Gasteiger partial charge >= 0.3 is 0 Å². The fraction of sp³-hybridized carbons (Fsp3) is 0. The Morgan fingerprint density at radius 2 is 1.30 bits per heavy atom. The van der Waals surface area contributed by atoms with Gasteiger partial charge in [-0.25, -0.2) is 22.5 Å². The van der Waals surface area contributed by atoms with Gasteiger partial charge in [0, 0.05) is 21.7 Å². The quantitative estimate of drug-likeness (QED) is 0.123. The normalized spacial score (nSPS) is 11.2. The van der Waals surface area contributed by atoms with Crippen LogP contribution in [0.1, 0.15) is 11.1 Å². The third-order valence-electron chi connectivity index (χ3n) is 7.25. The van der Waals surface area contributed by atoms with Crippen molar-refractivity contribution >= 4 is 32.7 Å². The van der Waals surface area contributed by atoms with Gasteiger partial charge in [0.15, 0.2) is 23.3 Å². The fourth-order valence-electron chi connectivity index (χ4n) is 5.21. The average Bonchev–Trinajstić information content (AvgIpc) is 3.49. The molecule has 0 radical (unpaired) electrons. The van der Waals surface area contributed by atoms with E-state index in [2.05, 4.69) is 11.2 Å². The highest BCUT2D eigenvalue weighted by atomic mass is 19.2. The van der Waals surface area contributed by atoms with Crippen molar-refractivity contribution in [1.29, 1.82) is 10.5 Å². The summed E-state index contributed by atoms with van der Waals surface area (Å²) in [5, 5.41) is 29.5. The molecule has 0 aliphatic carbocycles. The Morgan fingerprint density at radius 1 is 0.628 bits per heavy atom. The van der Waals surface area contributed by atoms with Gasteiger partial charge in [0.05, 0.1) is 34.1 Å². The van der Waals surface area contributed by atoms with E-state index >= 15 is 8.78 Å². The van der Waals surface area contributed by atoms with Gasteiger partial charge in [-0.05, 0) is 48.0 Å². The largest absolute Gasteiger partial charge is 0.247 e. The van der Waals surface area contributed by atoms with Crippen molar-refractivity contribution in [2.45, 2.75) is 0 Å². The zero-order valence-corrected chi connectivity index (χ0v) is 21.8. The summed E-state index contributed by atoms with van der Waals surface area (Å²) in [6.07, 6.45) is 0. The van der Waals surface area contributed by atoms with E-state index in [0.717, 1.165) is 11.8 Å². The lowest BCUT2D eigenvalue weighted by Crippen LogP contribution is -2.04. The minimum absolute atomic E-state index is 0.178. The number of fused-ring (bicyclic) bond motifs is 5. The smallest absolute Gasteiger partial charge is 0.180 e. The topological polar surface area (TPSA) is 91.2 Å². The lowest BCUT2D eigenvalue weighted by atomic mass is 9.95. The molecule has 0 amide bonds. The van der Waals surface area contributed by atoms with Crippen molar-refractivity contribution in [2.75, 3.05) is 0 Å². The van der Waals surface area contributed by atoms with Crippen LogP contribution < -0.4 is 0 Å². The van der Waals surface area contributed by atoms with Crippen LogP contribution in [-0.2, 0) is 0 Å². The van der Waals surface area contributed by atoms with Gasteiger partial charge < -0.3 is 0 Å². The van der Waals surface area contributed by atoms with Crippen LogP contribution in [0.4, 0.5) is 17.6 Å². The van der Waals surface area contributed by atoms with Gasteiger partial charge in [0.2, 0.25) is 0 Å². The lowest BCUT2D eigenvalue weighted by Gasteiger charge is -2.13. The predicted octanol–water partition coefficient (Wildman–Crippen LogP) is 7.76. The van der Waals surface area contributed by atoms with Gasteiger partial charge in [-0.2, -0.15) is 15.3 Å². The Hall–Kier alpha value is -6.13. The molecule has 0 spiro atoms. The summed E-state index contributed by atoms with van der Waals surface area (Å²) < 4.78 is 59.1. The van der Waals surface area contributed by atoms with Crippen LogP contribution in [0.15, 0.2) is 84.9 Å². The van der Waals surface area contributed by atoms with E-state index in [1.54, 1.807) is 30.3 Å². The molecule has 204 valence electrons. The summed E-state index contributed by atoms with van der Waals surface area (Å²) in [5.74, 6) is -6.92. The minimum atomic E-state index is -1.78. The number of rotatable bonds is 3. The van der Waals surface area contributed by atoms with Crippen molar-refractivity contribution in [3.63, 3.8) is 0 Å². The van der Waals surface area contributed by atoms with Gasteiger partial charge in [0.1, 0.15) is 22.7 Å². The Labute approximate surface area is 240 Å². The van der Waals surface area contributed by atoms with Crippen molar-refractivity contribution in [2.24, 2.45) is 0 Å². The molecule has 0 bridgehead atoms. The monoisotopic (exact) mass is 570 g/mol. The van der Waals surface area contributed by atoms with Crippen LogP contribution in [0.3, 0.4) is 0 Å². The second kappa shape index (κ2) is 9.75. The number of hydrogen-bond donors (Lipinski definition) is 0. The number of benzene rings is 5. The minimum Gasteiger partial charge on any atom is -0.247 e. The summed E-state index contributed by atoms with van der Waals surface area (Å²) >= 11 is 0. The first kappa shape index (κ1) is 25.8. The second-order valence-electron chi connectivity index (χ2n) is 9.68. The number of para-hydroxylation sites is 1. The predicted molar refractivity (Wildman–Crippen MR) is 152 cm³/mol. The van der Waals surface area contributed by atoms with E-state index in [-0.39, 0.29) is 11.1 Å². The molecule has 0 saturated carbocycles. The molecule has 0 saturated heterocycles. The maximum absolute atomic E-state index is 15.0. The molecule has 0 aliphatic heterocycles. The van der Waals surface area contributed by atoms with Gasteiger partial charge in [-0.15, -0.1) is 10.2 Å². The first-order chi connectivity index (χ1) is 20.9. The molecule has 0 atom stereocenters. The van der Waals surface area contributed by atoms with E-state index in [9.17, 15) is 14.0 Å². The average molecular weight is 571 g/mol. The Bertz CT molecular complexity index is 2320. The molecular formula is C33H14F4N6. The molecule has 0 unspecified atom stereocenters. The molecular weight excluding hydrogens is 556 g/mol. The van der Waals surface area contributed by atoms with Gasteiger partial charge in [-0.3, -0.25) is 0 Å². The van der Waals surface area contributed by atoms with E-state index < -0.39 is 34.4 Å². The molecule has 6 nitrogen and oxygen atoms in total. The molecule has 43 heavy (non-hydrogen) atoms. The van der Waals surface area contributed by atoms with Gasteiger partial charge in [0.25, 0.3) is 0 Å². The molecule has 2 aromatic heterocycles. The molecule has 2 heterocycles. The highest BCUT2D eigenvalue weighted by molar-refractivity contribution is 6.21. The van der Waals surface area contributed by atoms with Crippen molar-refractivity contribution in [3.8, 4) is 40.2 Å². The molecule has 0 fully saturated rings. The zero-order chi connectivity index (χ0) is 29.8. The number of hydrogen-bond acceptors (Lipinski definition) is 5. The maximum Gasteiger partial charge on any atom is 0.180 e. The van der Waals surface area contributed by atoms with Crippen LogP contribution in [-0.4, -0.2) is 20.0 Å². The first-order valence-electron chi connectivity index (χ1n) is 12.9. The molecule has 7 rings (SSSR count). The van der Waals surface area contributed by atoms with Crippen LogP contribution in [0.5, 0.6) is 0 Å². The number of pyridine rings is 1. The summed E-state index contributed by atoms with van der Waals surface area (Å²) in [5.41, 5.74) is 1.21. The van der Waals surface area contributed by atoms with E-state index in [4.69, 9.17) is 15.3 Å². The van der Waals surface area contributed by atoms with Crippen molar-refractivity contribution < 1.29 is 17.6 Å². The van der Waals surface area contributed by atoms with E-state index in [1.165, 1.54) is 16.9 Å². The summed E-state index contributed by atoms with van der Waals surface area (Å²) in [7, 11) is 0. The van der Waals surface area contributed by atoms with Crippen LogP contribution in [0, 0.1) is 45.9 Å². The highest BCUT2D eigenvalue weighted by Crippen LogP contribution is 2.39. The number of aromatic nitrogens is 4. The standard InChI is InChI=1S/C33H14F4N6/c34-28-23(16-39)29(35)31(37)26(30(28)36)19-10-11-21-25(14-19)40-32(18-8-6-17(15-38)7-9-18)22-12-13-24-33(27(21)22)42-43(41-24)20-4-2-1-3-5-20/h1-14H. The molecule has 0 N–H and O–H groups in total. The van der Waals surface area contributed by atoms with E-state index in [0.29, 0.717) is 44.0 Å². The van der Waals surface area contributed by atoms with Crippen molar-refractivity contribution in [3.05, 3.63) is 119 Å². The number of nitrogens with zero attached hydrogens (tertiary/aromatic N) is 6. The second-order valence-corrected chi connectivity index (χ2v) is 9.68. The Balaban J connectivity index is 1.56. The number of halogens is 4. The van der Waals surface area contributed by atoms with Crippen LogP contribution in [0.25, 0.3) is 60.8 Å². The Morgan fingerprint density at radius 3 is 1.98 bits per heavy atom. The third kappa shape index (κ3) is 3.97. The lowest BCUT2D eigenvalue weighted by molar-refractivity contribution is 0.454. The van der Waals surface area contributed by atoms with E-state index in [1.807, 2.05) is 42.5 Å². The van der Waals surface area contributed by atoms with Crippen molar-refractivity contribution in [1.82, 2.24) is 20.0 Å². The zero-order valence-electron chi connectivity index (χ0n) is 21.8. The SMILES string of the molecule is N#Cc1ccc(-c2nc3cc(-c4c(F)c(F)c(C#N)c(F)c4F)ccc3c3c2ccc2nn(-c4ccccc4)nc23)cc1. The molecule has 10 heteroatoms. The maximum atomic E-state index is 15.0. The third-order valence-corrected chi connectivity index (χ3v) is 7.25. The first-order valence-corrected chi connectivity index (χ1v) is 12.9. The van der Waals surface area contributed by atoms with Gasteiger partial charge in [-0.1, -0.05) is 42.5 Å². The fourth-order valence-corrected chi connectivity index (χ4v) is 5.21. The molecule has 5 aromatic carbocycles. The van der Waals surface area contributed by atoms with Crippen LogP contribution >= 0.6 is 0 Å².